The molecule has 1 atom stereocenters. The third kappa shape index (κ3) is 3.04. The van der Waals surface area contributed by atoms with Crippen molar-refractivity contribution in [3.63, 3.8) is 0 Å². The lowest BCUT2D eigenvalue weighted by Gasteiger charge is -2.20. The van der Waals surface area contributed by atoms with Gasteiger partial charge in [-0.3, -0.25) is 0 Å². The summed E-state index contributed by atoms with van der Waals surface area (Å²) in [4.78, 5) is 0. The van der Waals surface area contributed by atoms with E-state index in [1.165, 1.54) is 6.07 Å². The highest BCUT2D eigenvalue weighted by atomic mass is 19.1. The molecular formula is C16H20FNO. The zero-order valence-electron chi connectivity index (χ0n) is 11.7. The minimum absolute atomic E-state index is 0.0191. The Bertz CT molecular complexity index is 547. The normalized spacial score (nSPS) is 12.6. The summed E-state index contributed by atoms with van der Waals surface area (Å²) in [5, 5.41) is 3.47. The van der Waals surface area contributed by atoms with Gasteiger partial charge < -0.3 is 9.73 Å². The lowest BCUT2D eigenvalue weighted by atomic mass is 9.95. The molecule has 0 aliphatic heterocycles. The van der Waals surface area contributed by atoms with E-state index in [0.717, 1.165) is 35.4 Å². The van der Waals surface area contributed by atoms with Crippen LogP contribution in [0.2, 0.25) is 0 Å². The molecule has 1 aromatic carbocycles. The summed E-state index contributed by atoms with van der Waals surface area (Å²) in [6.07, 6.45) is 2.71. The van der Waals surface area contributed by atoms with Crippen LogP contribution in [0, 0.1) is 19.7 Å². The van der Waals surface area contributed by atoms with Crippen LogP contribution >= 0.6 is 0 Å². The van der Waals surface area contributed by atoms with Gasteiger partial charge in [0.1, 0.15) is 11.6 Å². The van der Waals surface area contributed by atoms with Gasteiger partial charge in [0.2, 0.25) is 0 Å². The number of benzene rings is 1. The molecule has 1 unspecified atom stereocenters. The molecule has 1 N–H and O–H groups in total. The van der Waals surface area contributed by atoms with Crippen molar-refractivity contribution in [1.82, 2.24) is 5.32 Å². The van der Waals surface area contributed by atoms with Gasteiger partial charge in [0, 0.05) is 5.56 Å². The first-order valence-electron chi connectivity index (χ1n) is 6.67. The van der Waals surface area contributed by atoms with Gasteiger partial charge in [-0.05, 0) is 56.1 Å². The second-order valence-corrected chi connectivity index (χ2v) is 4.82. The Kier molecular flexibility index (Phi) is 4.38. The SMILES string of the molecule is CCCNC(c1cc(F)ccc1C)c1ccoc1C. The maximum Gasteiger partial charge on any atom is 0.123 e. The quantitative estimate of drug-likeness (QED) is 0.875. The van der Waals surface area contributed by atoms with Crippen LogP contribution in [0.4, 0.5) is 4.39 Å². The van der Waals surface area contributed by atoms with Gasteiger partial charge in [-0.1, -0.05) is 13.0 Å². The van der Waals surface area contributed by atoms with E-state index in [0.29, 0.717) is 0 Å². The van der Waals surface area contributed by atoms with Crippen LogP contribution in [-0.4, -0.2) is 6.54 Å². The minimum Gasteiger partial charge on any atom is -0.469 e. The number of hydrogen-bond acceptors (Lipinski definition) is 2. The van der Waals surface area contributed by atoms with Crippen molar-refractivity contribution < 1.29 is 8.81 Å². The standard InChI is InChI=1S/C16H20FNO/c1-4-8-18-16(14-7-9-19-12(14)3)15-10-13(17)6-5-11(15)2/h5-7,9-10,16,18H,4,8H2,1-3H3. The Morgan fingerprint density at radius 1 is 1.21 bits per heavy atom. The molecule has 2 aromatic rings. The maximum atomic E-state index is 13.5. The summed E-state index contributed by atoms with van der Waals surface area (Å²) in [5.74, 6) is 0.669. The number of nitrogens with one attached hydrogen (secondary N) is 1. The van der Waals surface area contributed by atoms with Crippen LogP contribution in [0.3, 0.4) is 0 Å². The van der Waals surface area contributed by atoms with Gasteiger partial charge in [0.25, 0.3) is 0 Å². The first kappa shape index (κ1) is 13.8. The van der Waals surface area contributed by atoms with Crippen LogP contribution in [0.25, 0.3) is 0 Å². The molecule has 1 heterocycles. The molecule has 2 rings (SSSR count). The second-order valence-electron chi connectivity index (χ2n) is 4.82. The molecule has 0 spiro atoms. The number of halogens is 1. The molecular weight excluding hydrogens is 241 g/mol. The molecule has 102 valence electrons. The van der Waals surface area contributed by atoms with E-state index in [1.807, 2.05) is 26.0 Å². The average Bonchev–Trinajstić information content (AvgIpc) is 2.80. The van der Waals surface area contributed by atoms with Crippen LogP contribution in [0.5, 0.6) is 0 Å². The zero-order valence-corrected chi connectivity index (χ0v) is 11.7. The Balaban J connectivity index is 2.42. The first-order chi connectivity index (χ1) is 9.13. The Labute approximate surface area is 113 Å². The third-order valence-electron chi connectivity index (χ3n) is 3.36. The highest BCUT2D eigenvalue weighted by Gasteiger charge is 2.19. The van der Waals surface area contributed by atoms with E-state index in [2.05, 4.69) is 12.2 Å². The lowest BCUT2D eigenvalue weighted by molar-refractivity contribution is 0.516. The molecule has 0 saturated carbocycles. The summed E-state index contributed by atoms with van der Waals surface area (Å²) in [6.45, 7) is 6.94. The number of hydrogen-bond donors (Lipinski definition) is 1. The Morgan fingerprint density at radius 3 is 2.63 bits per heavy atom. The molecule has 0 fully saturated rings. The lowest BCUT2D eigenvalue weighted by Crippen LogP contribution is -2.24. The number of furan rings is 1. The van der Waals surface area contributed by atoms with E-state index in [9.17, 15) is 4.39 Å². The molecule has 3 heteroatoms. The van der Waals surface area contributed by atoms with Gasteiger partial charge in [0.15, 0.2) is 0 Å². The fourth-order valence-corrected chi connectivity index (χ4v) is 2.29. The molecule has 1 aromatic heterocycles. The highest BCUT2D eigenvalue weighted by Crippen LogP contribution is 2.28. The summed E-state index contributed by atoms with van der Waals surface area (Å²) >= 11 is 0. The summed E-state index contributed by atoms with van der Waals surface area (Å²) in [7, 11) is 0. The molecule has 0 aliphatic rings. The smallest absolute Gasteiger partial charge is 0.123 e. The van der Waals surface area contributed by atoms with E-state index >= 15 is 0 Å². The van der Waals surface area contributed by atoms with Crippen molar-refractivity contribution in [2.45, 2.75) is 33.2 Å². The van der Waals surface area contributed by atoms with E-state index in [-0.39, 0.29) is 11.9 Å². The Hall–Kier alpha value is -1.61. The number of aryl methyl sites for hydroxylation is 2. The van der Waals surface area contributed by atoms with Gasteiger partial charge in [-0.25, -0.2) is 4.39 Å². The number of rotatable bonds is 5. The largest absolute Gasteiger partial charge is 0.469 e. The molecule has 2 nitrogen and oxygen atoms in total. The van der Waals surface area contributed by atoms with E-state index in [4.69, 9.17) is 4.42 Å². The fourth-order valence-electron chi connectivity index (χ4n) is 2.29. The van der Waals surface area contributed by atoms with Gasteiger partial charge in [0.05, 0.1) is 12.3 Å². The van der Waals surface area contributed by atoms with Crippen LogP contribution in [0.15, 0.2) is 34.9 Å². The zero-order chi connectivity index (χ0) is 13.8. The average molecular weight is 261 g/mol. The minimum atomic E-state index is -0.204. The summed E-state index contributed by atoms with van der Waals surface area (Å²) < 4.78 is 18.9. The summed E-state index contributed by atoms with van der Waals surface area (Å²) in [6, 6.07) is 6.86. The van der Waals surface area contributed by atoms with Crippen LogP contribution in [-0.2, 0) is 0 Å². The van der Waals surface area contributed by atoms with Crippen molar-refractivity contribution >= 4 is 0 Å². The van der Waals surface area contributed by atoms with Crippen LogP contribution in [0.1, 0.15) is 41.8 Å². The van der Waals surface area contributed by atoms with Gasteiger partial charge in [-0.15, -0.1) is 0 Å². The van der Waals surface area contributed by atoms with Crippen molar-refractivity contribution in [2.24, 2.45) is 0 Å². The van der Waals surface area contributed by atoms with Crippen molar-refractivity contribution in [1.29, 1.82) is 0 Å². The molecule has 19 heavy (non-hydrogen) atoms. The van der Waals surface area contributed by atoms with E-state index in [1.54, 1.807) is 12.3 Å². The third-order valence-corrected chi connectivity index (χ3v) is 3.36. The molecule has 0 aliphatic carbocycles. The monoisotopic (exact) mass is 261 g/mol. The fraction of sp³-hybridized carbons (Fsp3) is 0.375. The van der Waals surface area contributed by atoms with Crippen molar-refractivity contribution in [3.8, 4) is 0 Å². The first-order valence-corrected chi connectivity index (χ1v) is 6.67. The van der Waals surface area contributed by atoms with Gasteiger partial charge >= 0.3 is 0 Å². The van der Waals surface area contributed by atoms with Crippen LogP contribution < -0.4 is 5.32 Å². The summed E-state index contributed by atoms with van der Waals surface area (Å²) in [5.41, 5.74) is 3.12. The maximum absolute atomic E-state index is 13.5. The molecule has 0 amide bonds. The predicted molar refractivity (Wildman–Crippen MR) is 74.7 cm³/mol. The topological polar surface area (TPSA) is 25.2 Å². The molecule has 0 radical (unpaired) electrons. The van der Waals surface area contributed by atoms with Gasteiger partial charge in [-0.2, -0.15) is 0 Å². The predicted octanol–water partition coefficient (Wildman–Crippen LogP) is 4.12. The molecule has 0 saturated heterocycles. The van der Waals surface area contributed by atoms with E-state index < -0.39 is 0 Å². The highest BCUT2D eigenvalue weighted by molar-refractivity contribution is 5.38. The van der Waals surface area contributed by atoms with Crippen molar-refractivity contribution in [3.05, 3.63) is 58.8 Å². The Morgan fingerprint density at radius 2 is 2.00 bits per heavy atom. The second kappa shape index (κ2) is 6.02. The van der Waals surface area contributed by atoms with Crippen molar-refractivity contribution in [2.75, 3.05) is 6.54 Å². The molecule has 0 bridgehead atoms.